The third-order valence-electron chi connectivity index (χ3n) is 10.2. The number of hydrogen-bond donors (Lipinski definition) is 0. The predicted molar refractivity (Wildman–Crippen MR) is 199 cm³/mol. The second-order valence-electron chi connectivity index (χ2n) is 13.0. The molecular weight excluding hydrogens is 599 g/mol. The van der Waals surface area contributed by atoms with Gasteiger partial charge in [0.1, 0.15) is 11.9 Å². The zero-order valence-corrected chi connectivity index (χ0v) is 26.7. The minimum absolute atomic E-state index is 0.0215. The molecule has 3 aliphatic rings. The van der Waals surface area contributed by atoms with Crippen LogP contribution in [-0.2, 0) is 4.74 Å². The van der Waals surface area contributed by atoms with E-state index >= 15 is 0 Å². The molecule has 2 aliphatic carbocycles. The van der Waals surface area contributed by atoms with Gasteiger partial charge in [-0.25, -0.2) is 15.0 Å². The summed E-state index contributed by atoms with van der Waals surface area (Å²) in [6, 6.07) is 44.9. The molecule has 0 bridgehead atoms. The summed E-state index contributed by atoms with van der Waals surface area (Å²) in [6.45, 7) is 0. The van der Waals surface area contributed by atoms with Crippen LogP contribution in [0, 0.1) is 5.92 Å². The third-order valence-corrected chi connectivity index (χ3v) is 10.2. The molecular formula is C45H31N3O. The van der Waals surface area contributed by atoms with Crippen molar-refractivity contribution in [2.45, 2.75) is 18.4 Å². The molecule has 0 saturated heterocycles. The summed E-state index contributed by atoms with van der Waals surface area (Å²) in [5.74, 6) is 3.18. The Morgan fingerprint density at radius 2 is 1.29 bits per heavy atom. The van der Waals surface area contributed by atoms with E-state index in [0.29, 0.717) is 17.5 Å². The fraction of sp³-hybridized carbons (Fsp3) is 0.0889. The van der Waals surface area contributed by atoms with E-state index in [2.05, 4.69) is 140 Å². The van der Waals surface area contributed by atoms with Gasteiger partial charge in [-0.05, 0) is 56.4 Å². The van der Waals surface area contributed by atoms with Crippen molar-refractivity contribution in [3.63, 3.8) is 0 Å². The van der Waals surface area contributed by atoms with E-state index in [1.54, 1.807) is 0 Å². The molecule has 3 unspecified atom stereocenters. The summed E-state index contributed by atoms with van der Waals surface area (Å²) in [5, 5.41) is 7.34. The zero-order chi connectivity index (χ0) is 32.3. The van der Waals surface area contributed by atoms with Crippen LogP contribution < -0.4 is 0 Å². The van der Waals surface area contributed by atoms with Crippen LogP contribution in [0.2, 0.25) is 0 Å². The van der Waals surface area contributed by atoms with Crippen molar-refractivity contribution < 1.29 is 4.74 Å². The highest BCUT2D eigenvalue weighted by molar-refractivity contribution is 6.07. The van der Waals surface area contributed by atoms with E-state index in [1.807, 2.05) is 18.2 Å². The Labute approximate surface area is 284 Å². The SMILES string of the molecule is C1=CC2OC3=C(C=CCC3c3ccc4ccc5ccccc5c4c3)C2C(c2nc(-c3ccccc3)nc(-c3cccc4ccccc34)n2)=C1. The van der Waals surface area contributed by atoms with Crippen LogP contribution in [0.5, 0.6) is 0 Å². The minimum atomic E-state index is -0.130. The van der Waals surface area contributed by atoms with E-state index in [1.165, 1.54) is 32.7 Å². The normalized spacial score (nSPS) is 19.6. The van der Waals surface area contributed by atoms with Gasteiger partial charge in [-0.3, -0.25) is 0 Å². The molecule has 1 aromatic heterocycles. The monoisotopic (exact) mass is 629 g/mol. The van der Waals surface area contributed by atoms with Gasteiger partial charge in [0.2, 0.25) is 0 Å². The second-order valence-corrected chi connectivity index (χ2v) is 13.0. The lowest BCUT2D eigenvalue weighted by Gasteiger charge is -2.23. The van der Waals surface area contributed by atoms with Gasteiger partial charge < -0.3 is 4.74 Å². The first-order valence-corrected chi connectivity index (χ1v) is 17.0. The summed E-state index contributed by atoms with van der Waals surface area (Å²) in [6.07, 6.45) is 11.8. The van der Waals surface area contributed by atoms with Crippen molar-refractivity contribution in [2.75, 3.05) is 0 Å². The molecule has 0 spiro atoms. The van der Waals surface area contributed by atoms with Gasteiger partial charge in [0.25, 0.3) is 0 Å². The maximum Gasteiger partial charge on any atom is 0.164 e. The first-order valence-electron chi connectivity index (χ1n) is 17.0. The quantitative estimate of drug-likeness (QED) is 0.182. The molecule has 0 amide bonds. The molecule has 4 heteroatoms. The smallest absolute Gasteiger partial charge is 0.164 e. The Morgan fingerprint density at radius 1 is 0.592 bits per heavy atom. The summed E-state index contributed by atoms with van der Waals surface area (Å²) in [7, 11) is 0. The van der Waals surface area contributed by atoms with Crippen LogP contribution in [0.25, 0.3) is 60.7 Å². The zero-order valence-electron chi connectivity index (χ0n) is 26.7. The Kier molecular flexibility index (Phi) is 6.41. The molecule has 0 fully saturated rings. The van der Waals surface area contributed by atoms with Gasteiger partial charge >= 0.3 is 0 Å². The number of hydrogen-bond acceptors (Lipinski definition) is 4. The lowest BCUT2D eigenvalue weighted by Crippen LogP contribution is -2.21. The second kappa shape index (κ2) is 11.2. The van der Waals surface area contributed by atoms with Crippen molar-refractivity contribution in [1.82, 2.24) is 15.0 Å². The van der Waals surface area contributed by atoms with Crippen molar-refractivity contribution in [2.24, 2.45) is 5.92 Å². The van der Waals surface area contributed by atoms with Gasteiger partial charge in [-0.1, -0.05) is 146 Å². The van der Waals surface area contributed by atoms with Crippen molar-refractivity contribution in [3.05, 3.63) is 180 Å². The van der Waals surface area contributed by atoms with Crippen LogP contribution in [0.4, 0.5) is 0 Å². The van der Waals surface area contributed by atoms with Crippen molar-refractivity contribution in [3.8, 4) is 22.8 Å². The molecule has 4 nitrogen and oxygen atoms in total. The molecule has 7 aromatic rings. The number of allylic oxidation sites excluding steroid dienone is 5. The van der Waals surface area contributed by atoms with E-state index < -0.39 is 0 Å². The van der Waals surface area contributed by atoms with Gasteiger partial charge in [0.15, 0.2) is 17.5 Å². The molecule has 10 rings (SSSR count). The lowest BCUT2D eigenvalue weighted by molar-refractivity contribution is 0.153. The van der Waals surface area contributed by atoms with E-state index in [0.717, 1.165) is 39.7 Å². The van der Waals surface area contributed by atoms with Gasteiger partial charge in [0.05, 0.1) is 5.92 Å². The van der Waals surface area contributed by atoms with Gasteiger partial charge in [-0.2, -0.15) is 0 Å². The Morgan fingerprint density at radius 3 is 2.16 bits per heavy atom. The van der Waals surface area contributed by atoms with Gasteiger partial charge in [-0.15, -0.1) is 0 Å². The van der Waals surface area contributed by atoms with Crippen molar-refractivity contribution >= 4 is 37.9 Å². The molecule has 0 N–H and O–H groups in total. The number of aromatic nitrogens is 3. The standard InChI is InChI=1S/C45H31N3O/c1-2-13-31(14-3-1)43-46-44(36-19-8-15-28-11-4-6-16-33(28)36)48-45(47-43)38-21-10-22-40-41(38)37-20-9-18-35(42(37)49-40)32-26-25-30-24-23-29-12-5-7-17-34(29)39(30)27-32/h1-17,19-27,35,40-41H,18H2. The first-order chi connectivity index (χ1) is 24.3. The molecule has 1 aliphatic heterocycles. The Hall–Kier alpha value is -6.13. The van der Waals surface area contributed by atoms with Crippen LogP contribution in [0.3, 0.4) is 0 Å². The maximum absolute atomic E-state index is 6.90. The largest absolute Gasteiger partial charge is 0.489 e. The summed E-state index contributed by atoms with van der Waals surface area (Å²) in [5.41, 5.74) is 5.49. The lowest BCUT2D eigenvalue weighted by atomic mass is 9.79. The van der Waals surface area contributed by atoms with Crippen molar-refractivity contribution in [1.29, 1.82) is 0 Å². The maximum atomic E-state index is 6.90. The number of rotatable bonds is 4. The van der Waals surface area contributed by atoms with Crippen LogP contribution in [0.15, 0.2) is 169 Å². The number of ether oxygens (including phenoxy) is 1. The average Bonchev–Trinajstić information content (AvgIpc) is 3.57. The number of benzene rings is 6. The summed E-state index contributed by atoms with van der Waals surface area (Å²) >= 11 is 0. The minimum Gasteiger partial charge on any atom is -0.489 e. The first kappa shape index (κ1) is 27.9. The average molecular weight is 630 g/mol. The van der Waals surface area contributed by atoms with E-state index in [9.17, 15) is 0 Å². The Bertz CT molecular complexity index is 2570. The molecule has 3 atom stereocenters. The number of fused-ring (bicyclic) bond motifs is 6. The van der Waals surface area contributed by atoms with Crippen LogP contribution in [-0.4, -0.2) is 21.1 Å². The fourth-order valence-electron chi connectivity index (χ4n) is 7.89. The predicted octanol–water partition coefficient (Wildman–Crippen LogP) is 10.6. The molecule has 0 saturated carbocycles. The fourth-order valence-corrected chi connectivity index (χ4v) is 7.89. The van der Waals surface area contributed by atoms with E-state index in [4.69, 9.17) is 19.7 Å². The topological polar surface area (TPSA) is 47.9 Å². The summed E-state index contributed by atoms with van der Waals surface area (Å²) in [4.78, 5) is 15.4. The highest BCUT2D eigenvalue weighted by Crippen LogP contribution is 2.50. The number of nitrogens with zero attached hydrogens (tertiary/aromatic N) is 3. The highest BCUT2D eigenvalue weighted by atomic mass is 16.5. The van der Waals surface area contributed by atoms with Crippen LogP contribution in [0.1, 0.15) is 23.7 Å². The van der Waals surface area contributed by atoms with E-state index in [-0.39, 0.29) is 17.9 Å². The third kappa shape index (κ3) is 4.63. The van der Waals surface area contributed by atoms with Gasteiger partial charge in [0, 0.05) is 28.2 Å². The molecule has 49 heavy (non-hydrogen) atoms. The highest BCUT2D eigenvalue weighted by Gasteiger charge is 2.43. The van der Waals surface area contributed by atoms with Crippen LogP contribution >= 0.6 is 0 Å². The molecule has 232 valence electrons. The summed E-state index contributed by atoms with van der Waals surface area (Å²) < 4.78 is 6.90. The Balaban J connectivity index is 1.10. The molecule has 0 radical (unpaired) electrons. The molecule has 6 aromatic carbocycles. The molecule has 2 heterocycles.